The summed E-state index contributed by atoms with van der Waals surface area (Å²) < 4.78 is 1.76. The Balaban J connectivity index is 2.17. The Labute approximate surface area is 92.5 Å². The van der Waals surface area contributed by atoms with Gasteiger partial charge in [0.2, 0.25) is 5.60 Å². The van der Waals surface area contributed by atoms with Crippen LogP contribution in [-0.2, 0) is 16.2 Å². The number of oxime groups is 1. The van der Waals surface area contributed by atoms with Crippen molar-refractivity contribution in [1.29, 1.82) is 0 Å². The van der Waals surface area contributed by atoms with Gasteiger partial charge in [0.05, 0.1) is 11.9 Å². The van der Waals surface area contributed by atoms with Gasteiger partial charge in [-0.3, -0.25) is 4.68 Å². The highest BCUT2D eigenvalue weighted by atomic mass is 16.7. The van der Waals surface area contributed by atoms with Gasteiger partial charge in [-0.1, -0.05) is 5.16 Å². The molecule has 0 saturated heterocycles. The Morgan fingerprint density at radius 1 is 1.75 bits per heavy atom. The minimum atomic E-state index is -1.25. The van der Waals surface area contributed by atoms with E-state index in [1.165, 1.54) is 6.92 Å². The maximum Gasteiger partial charge on any atom is 0.351 e. The van der Waals surface area contributed by atoms with Crippen LogP contribution in [0, 0.1) is 0 Å². The Kier molecular flexibility index (Phi) is 2.41. The van der Waals surface area contributed by atoms with Crippen LogP contribution >= 0.6 is 0 Å². The average molecular weight is 223 g/mol. The monoisotopic (exact) mass is 223 g/mol. The molecule has 0 saturated carbocycles. The van der Waals surface area contributed by atoms with Gasteiger partial charge in [-0.05, 0) is 13.8 Å². The first-order valence-corrected chi connectivity index (χ1v) is 5.06. The fraction of sp³-hybridized carbons (Fsp3) is 0.500. The van der Waals surface area contributed by atoms with Gasteiger partial charge < -0.3 is 9.94 Å². The van der Waals surface area contributed by atoms with Crippen molar-refractivity contribution >= 4 is 11.7 Å². The molecule has 16 heavy (non-hydrogen) atoms. The number of aliphatic carboxylic acids is 1. The predicted octanol–water partition coefficient (Wildman–Crippen LogP) is 0.871. The molecule has 6 heteroatoms. The van der Waals surface area contributed by atoms with Crippen molar-refractivity contribution in [3.8, 4) is 0 Å². The van der Waals surface area contributed by atoms with Crippen LogP contribution in [0.4, 0.5) is 0 Å². The normalized spacial score (nSPS) is 24.0. The van der Waals surface area contributed by atoms with E-state index in [1.54, 1.807) is 10.9 Å². The van der Waals surface area contributed by atoms with Crippen molar-refractivity contribution in [2.75, 3.05) is 0 Å². The van der Waals surface area contributed by atoms with Crippen molar-refractivity contribution in [3.05, 3.63) is 18.0 Å². The Bertz CT molecular complexity index is 452. The summed E-state index contributed by atoms with van der Waals surface area (Å²) in [6, 6.07) is 0. The van der Waals surface area contributed by atoms with E-state index in [4.69, 9.17) is 9.94 Å². The zero-order chi connectivity index (χ0) is 11.8. The van der Waals surface area contributed by atoms with Crippen molar-refractivity contribution in [1.82, 2.24) is 9.78 Å². The fourth-order valence-corrected chi connectivity index (χ4v) is 1.49. The predicted molar refractivity (Wildman–Crippen MR) is 56.2 cm³/mol. The van der Waals surface area contributed by atoms with Gasteiger partial charge in [0.15, 0.2) is 0 Å². The Morgan fingerprint density at radius 3 is 3.00 bits per heavy atom. The van der Waals surface area contributed by atoms with Crippen molar-refractivity contribution < 1.29 is 14.7 Å². The minimum absolute atomic E-state index is 0.262. The SMILES string of the molecule is CCn1cc(C2=NOC(C)(C(=O)O)C2)cn1. The summed E-state index contributed by atoms with van der Waals surface area (Å²) in [6.45, 7) is 4.26. The third kappa shape index (κ3) is 1.66. The molecule has 1 N–H and O–H groups in total. The van der Waals surface area contributed by atoms with Crippen molar-refractivity contribution in [2.45, 2.75) is 32.4 Å². The summed E-state index contributed by atoms with van der Waals surface area (Å²) in [5.41, 5.74) is 0.195. The molecular weight excluding hydrogens is 210 g/mol. The summed E-state index contributed by atoms with van der Waals surface area (Å²) in [6.07, 6.45) is 3.76. The van der Waals surface area contributed by atoms with E-state index in [-0.39, 0.29) is 6.42 Å². The van der Waals surface area contributed by atoms with Crippen LogP contribution < -0.4 is 0 Å². The van der Waals surface area contributed by atoms with E-state index in [2.05, 4.69) is 10.3 Å². The fourth-order valence-electron chi connectivity index (χ4n) is 1.49. The van der Waals surface area contributed by atoms with Crippen LogP contribution in [0.3, 0.4) is 0 Å². The first-order chi connectivity index (χ1) is 7.55. The van der Waals surface area contributed by atoms with Crippen LogP contribution in [-0.4, -0.2) is 32.2 Å². The number of hydrogen-bond donors (Lipinski definition) is 1. The summed E-state index contributed by atoms with van der Waals surface area (Å²) >= 11 is 0. The molecule has 2 rings (SSSR count). The second-order valence-electron chi connectivity index (χ2n) is 3.93. The zero-order valence-electron chi connectivity index (χ0n) is 9.17. The molecule has 0 aliphatic carbocycles. The van der Waals surface area contributed by atoms with E-state index in [1.807, 2.05) is 13.1 Å². The largest absolute Gasteiger partial charge is 0.478 e. The van der Waals surface area contributed by atoms with E-state index in [0.29, 0.717) is 5.71 Å². The molecular formula is C10H13N3O3. The van der Waals surface area contributed by atoms with Gasteiger partial charge in [-0.15, -0.1) is 0 Å². The molecule has 2 heterocycles. The molecule has 0 aromatic carbocycles. The molecule has 1 atom stereocenters. The van der Waals surface area contributed by atoms with Crippen LogP contribution in [0.2, 0.25) is 0 Å². The second-order valence-corrected chi connectivity index (χ2v) is 3.93. The van der Waals surface area contributed by atoms with Gasteiger partial charge in [0.25, 0.3) is 0 Å². The molecule has 0 fully saturated rings. The number of aryl methyl sites for hydroxylation is 1. The summed E-state index contributed by atoms with van der Waals surface area (Å²) in [7, 11) is 0. The van der Waals surface area contributed by atoms with E-state index in [9.17, 15) is 4.79 Å². The zero-order valence-corrected chi connectivity index (χ0v) is 9.17. The molecule has 1 unspecified atom stereocenters. The van der Waals surface area contributed by atoms with Crippen LogP contribution in [0.15, 0.2) is 17.5 Å². The number of carboxylic acids is 1. The average Bonchev–Trinajstić information content (AvgIpc) is 2.84. The van der Waals surface area contributed by atoms with Gasteiger partial charge in [-0.25, -0.2) is 4.79 Å². The maximum atomic E-state index is 10.9. The summed E-state index contributed by atoms with van der Waals surface area (Å²) in [5.74, 6) is -1.01. The third-order valence-corrected chi connectivity index (χ3v) is 2.60. The number of aromatic nitrogens is 2. The molecule has 0 spiro atoms. The molecule has 1 aliphatic heterocycles. The quantitative estimate of drug-likeness (QED) is 0.824. The highest BCUT2D eigenvalue weighted by Gasteiger charge is 2.42. The van der Waals surface area contributed by atoms with Gasteiger partial charge >= 0.3 is 5.97 Å². The van der Waals surface area contributed by atoms with Crippen LogP contribution in [0.1, 0.15) is 25.8 Å². The smallest absolute Gasteiger partial charge is 0.351 e. The number of hydrogen-bond acceptors (Lipinski definition) is 4. The lowest BCUT2D eigenvalue weighted by molar-refractivity contribution is -0.160. The van der Waals surface area contributed by atoms with Crippen molar-refractivity contribution in [2.24, 2.45) is 5.16 Å². The third-order valence-electron chi connectivity index (χ3n) is 2.60. The van der Waals surface area contributed by atoms with Gasteiger partial charge in [0.1, 0.15) is 0 Å². The lowest BCUT2D eigenvalue weighted by atomic mass is 9.98. The molecule has 0 bridgehead atoms. The number of carboxylic acid groups (broad SMARTS) is 1. The minimum Gasteiger partial charge on any atom is -0.478 e. The number of carbonyl (C=O) groups is 1. The topological polar surface area (TPSA) is 76.7 Å². The lowest BCUT2D eigenvalue weighted by Gasteiger charge is -2.14. The highest BCUT2D eigenvalue weighted by molar-refractivity contribution is 6.04. The standard InChI is InChI=1S/C10H13N3O3/c1-3-13-6-7(5-11-13)8-4-10(2,9(14)15)16-12-8/h5-6H,3-4H2,1-2H3,(H,14,15). The molecule has 1 aromatic rings. The maximum absolute atomic E-state index is 10.9. The van der Waals surface area contributed by atoms with E-state index < -0.39 is 11.6 Å². The number of nitrogens with zero attached hydrogens (tertiary/aromatic N) is 3. The summed E-state index contributed by atoms with van der Waals surface area (Å²) in [5, 5.41) is 16.9. The first kappa shape index (κ1) is 10.7. The first-order valence-electron chi connectivity index (χ1n) is 5.06. The Hall–Kier alpha value is -1.85. The van der Waals surface area contributed by atoms with E-state index >= 15 is 0 Å². The van der Waals surface area contributed by atoms with Gasteiger partial charge in [-0.2, -0.15) is 5.10 Å². The van der Waals surface area contributed by atoms with E-state index in [0.717, 1.165) is 12.1 Å². The molecule has 1 aliphatic rings. The second kappa shape index (κ2) is 3.62. The highest BCUT2D eigenvalue weighted by Crippen LogP contribution is 2.26. The van der Waals surface area contributed by atoms with Crippen molar-refractivity contribution in [3.63, 3.8) is 0 Å². The Morgan fingerprint density at radius 2 is 2.50 bits per heavy atom. The van der Waals surface area contributed by atoms with Crippen LogP contribution in [0.5, 0.6) is 0 Å². The number of rotatable bonds is 3. The lowest BCUT2D eigenvalue weighted by Crippen LogP contribution is -2.35. The van der Waals surface area contributed by atoms with Crippen LogP contribution in [0.25, 0.3) is 0 Å². The summed E-state index contributed by atoms with van der Waals surface area (Å²) in [4.78, 5) is 15.9. The van der Waals surface area contributed by atoms with Gasteiger partial charge in [0, 0.05) is 24.7 Å². The molecule has 0 amide bonds. The molecule has 86 valence electrons. The molecule has 1 aromatic heterocycles. The molecule has 0 radical (unpaired) electrons. The molecule has 6 nitrogen and oxygen atoms in total.